The number of carbonyl (C=O) groups is 5. The van der Waals surface area contributed by atoms with E-state index < -0.39 is 240 Å². The second kappa shape index (κ2) is 38.4. The van der Waals surface area contributed by atoms with Crippen LogP contribution in [0.25, 0.3) is 0 Å². The molecule has 0 bridgehead atoms. The first-order valence-electron chi connectivity index (χ1n) is 33.1. The van der Waals surface area contributed by atoms with Gasteiger partial charge < -0.3 is 149 Å². The van der Waals surface area contributed by atoms with Gasteiger partial charge in [0.2, 0.25) is 23.6 Å². The van der Waals surface area contributed by atoms with E-state index in [0.29, 0.717) is 18.8 Å². The van der Waals surface area contributed by atoms with Crippen molar-refractivity contribution in [3.05, 3.63) is 42.0 Å². The molecule has 0 spiro atoms. The maximum atomic E-state index is 13.9. The Morgan fingerprint density at radius 2 is 0.959 bits per heavy atom. The minimum Gasteiger partial charge on any atom is -0.494 e. The van der Waals surface area contributed by atoms with E-state index >= 15 is 0 Å². The number of aliphatic hydroxyl groups excluding tert-OH is 12. The van der Waals surface area contributed by atoms with Crippen LogP contribution in [0.2, 0.25) is 0 Å². The lowest BCUT2D eigenvalue weighted by molar-refractivity contribution is -0.366. The summed E-state index contributed by atoms with van der Waals surface area (Å²) in [5.74, 6) is -3.42. The summed E-state index contributed by atoms with van der Waals surface area (Å²) in [6, 6.07) is -1.84. The molecule has 6 aliphatic heterocycles. The molecular formula is C63H101N5O30. The highest BCUT2D eigenvalue weighted by Gasteiger charge is 2.58. The first-order valence-corrected chi connectivity index (χ1v) is 33.1. The van der Waals surface area contributed by atoms with Crippen molar-refractivity contribution < 1.29 is 147 Å². The number of ether oxygens (including phenoxy) is 13. The van der Waals surface area contributed by atoms with Crippen molar-refractivity contribution in [2.75, 3.05) is 53.4 Å². The highest BCUT2D eigenvalue weighted by molar-refractivity contribution is 5.94. The number of amides is 5. The van der Waals surface area contributed by atoms with Crippen LogP contribution in [0, 0.1) is 0 Å². The zero-order valence-corrected chi connectivity index (χ0v) is 55.8. The molecule has 5 amide bonds. The minimum atomic E-state index is -2.04. The number of hydrogen-bond acceptors (Lipinski definition) is 30. The Morgan fingerprint density at radius 1 is 0.500 bits per heavy atom. The van der Waals surface area contributed by atoms with E-state index in [9.17, 15) is 85.3 Å². The number of rotatable bonds is 32. The Bertz CT molecular complexity index is 2690. The monoisotopic (exact) mass is 1410 g/mol. The topological polar surface area (TPSA) is 508 Å². The number of nitrogens with one attached hydrogen (secondary N) is 5. The van der Waals surface area contributed by atoms with Crippen molar-refractivity contribution in [3.8, 4) is 5.75 Å². The number of allylic oxidation sites excluding steroid dienone is 2. The zero-order chi connectivity index (χ0) is 71.7. The first-order chi connectivity index (χ1) is 46.8. The van der Waals surface area contributed by atoms with Gasteiger partial charge in [0.25, 0.3) is 5.91 Å². The predicted molar refractivity (Wildman–Crippen MR) is 332 cm³/mol. The summed E-state index contributed by atoms with van der Waals surface area (Å²) in [6.07, 6.45) is -28.6. The Labute approximate surface area is 566 Å². The van der Waals surface area contributed by atoms with Gasteiger partial charge in [-0.1, -0.05) is 44.4 Å². The minimum absolute atomic E-state index is 0.0543. The van der Waals surface area contributed by atoms with Gasteiger partial charge in [0.1, 0.15) is 140 Å². The van der Waals surface area contributed by atoms with E-state index in [0.717, 1.165) is 46.5 Å². The van der Waals surface area contributed by atoms with E-state index in [-0.39, 0.29) is 12.2 Å². The van der Waals surface area contributed by atoms with Crippen molar-refractivity contribution in [2.24, 2.45) is 0 Å². The quantitative estimate of drug-likeness (QED) is 0.0236. The summed E-state index contributed by atoms with van der Waals surface area (Å²) in [6.45, 7) is 3.68. The molecule has 6 aliphatic rings. The van der Waals surface area contributed by atoms with E-state index in [1.807, 2.05) is 0 Å². The van der Waals surface area contributed by atoms with Gasteiger partial charge in [0.05, 0.1) is 58.4 Å². The van der Waals surface area contributed by atoms with Gasteiger partial charge in [-0.15, -0.1) is 0 Å². The maximum Gasteiger partial charge on any atom is 0.251 e. The smallest absolute Gasteiger partial charge is 0.251 e. The van der Waals surface area contributed by atoms with Crippen molar-refractivity contribution >= 4 is 29.5 Å². The fourth-order valence-electron chi connectivity index (χ4n) is 12.6. The van der Waals surface area contributed by atoms with Gasteiger partial charge in [-0.3, -0.25) is 24.0 Å². The highest BCUT2D eigenvalue weighted by Crippen LogP contribution is 2.37. The van der Waals surface area contributed by atoms with Crippen LogP contribution < -0.4 is 31.3 Å². The lowest BCUT2D eigenvalue weighted by atomic mass is 9.93. The van der Waals surface area contributed by atoms with Crippen LogP contribution in [-0.4, -0.2) is 322 Å². The molecule has 17 N–H and O–H groups in total. The largest absolute Gasteiger partial charge is 0.494 e. The number of benzene rings is 1. The van der Waals surface area contributed by atoms with Crippen molar-refractivity contribution in [3.63, 3.8) is 0 Å². The normalized spacial score (nSPS) is 39.1. The second-order valence-corrected chi connectivity index (χ2v) is 25.2. The lowest BCUT2D eigenvalue weighted by Gasteiger charge is -2.51. The van der Waals surface area contributed by atoms with E-state index in [1.165, 1.54) is 45.9 Å². The lowest BCUT2D eigenvalue weighted by Crippen LogP contribution is -2.72. The first kappa shape index (κ1) is 80.5. The van der Waals surface area contributed by atoms with Gasteiger partial charge in [-0.25, -0.2) is 0 Å². The van der Waals surface area contributed by atoms with E-state index in [1.54, 1.807) is 12.1 Å². The third kappa shape index (κ3) is 20.7. The van der Waals surface area contributed by atoms with Gasteiger partial charge in [-0.2, -0.15) is 0 Å². The van der Waals surface area contributed by atoms with Gasteiger partial charge in [0, 0.05) is 40.4 Å². The van der Waals surface area contributed by atoms with Crippen LogP contribution in [0.1, 0.15) is 96.8 Å². The summed E-state index contributed by atoms with van der Waals surface area (Å²) in [5.41, 5.74) is 0.0543. The van der Waals surface area contributed by atoms with E-state index in [4.69, 9.17) is 61.6 Å². The molecule has 98 heavy (non-hydrogen) atoms. The molecule has 0 aliphatic carbocycles. The second-order valence-electron chi connectivity index (χ2n) is 25.2. The van der Waals surface area contributed by atoms with Gasteiger partial charge >= 0.3 is 0 Å². The van der Waals surface area contributed by atoms with Gasteiger partial charge in [0.15, 0.2) is 31.5 Å². The number of methoxy groups -OCH3 is 1. The van der Waals surface area contributed by atoms with Crippen molar-refractivity contribution in [2.45, 2.75) is 264 Å². The van der Waals surface area contributed by atoms with Crippen LogP contribution in [0.3, 0.4) is 0 Å². The molecule has 0 radical (unpaired) electrons. The maximum absolute atomic E-state index is 13.9. The SMILES string of the molecule is CCCCCC/C=C\CCCOc1cccc(C(=O)NC2C(O[C@@H]3C(CO)OC(OC4C(CO)O[C@@H](O[C@@H]5C(CO)O[C@@H](OC6C(CO[C@@H]7OC(C)C(O)C(O)C7OC)OC[C@@H](NC(C)=O)[C@H]6O)C(NC(C)=O)C5O)[C@@H](NC(C)=O)[C@H]4O)C(NC(C)=O)C3O)OC(CO)[C@@H](O)C2O)c1. The average molecular weight is 1410 g/mol. The van der Waals surface area contributed by atoms with Crippen LogP contribution >= 0.6 is 0 Å². The Morgan fingerprint density at radius 3 is 1.42 bits per heavy atom. The Hall–Kier alpha value is -4.85. The van der Waals surface area contributed by atoms with Crippen molar-refractivity contribution in [1.29, 1.82) is 0 Å². The number of unbranched alkanes of at least 4 members (excludes halogenated alkanes) is 5. The van der Waals surface area contributed by atoms with Crippen LogP contribution in [0.5, 0.6) is 5.75 Å². The summed E-state index contributed by atoms with van der Waals surface area (Å²) >= 11 is 0. The molecule has 0 aromatic heterocycles. The standard InChI is InChI=1S/C63H101N5O30/c1-8-9-10-11-12-13-14-15-16-20-87-34-19-17-18-33(21-34)58(85)68-41-48(80)47(79)36(22-69)91-59(41)95-53-37(23-70)92-60(42(49(53)81)65-30(4)74)96-54-38(24-71)93-61(43(50(54)82)66-31(5)75)97-55-39(25-72)94-62(44(51(55)83)67-32(6)76)98-56-40(88-26-35(46(56)78)64-29(3)73)27-89-63-57(86-7)52(84)45(77)28(2)90-63/h13-14,17-19,21,28,35-57,59-63,69-72,77-84H,8-12,15-16,20,22-27H2,1-7H3,(H,64,73)(H,65,74)(H,66,75)(H,67,76)(H,68,85)/b14-13-/t28?,35-,36?,37?,38?,39?,40?,41?,42?,43+,44?,45?,46-,47-,48?,49?,50-,51?,52?,53-,54?,55-,56?,57?,59?,60?,61+,62+,63-/m1/s1. The van der Waals surface area contributed by atoms with Crippen LogP contribution in [0.4, 0.5) is 0 Å². The third-order valence-electron chi connectivity index (χ3n) is 17.8. The molecule has 6 heterocycles. The summed E-state index contributed by atoms with van der Waals surface area (Å²) in [7, 11) is 1.25. The van der Waals surface area contributed by atoms with Gasteiger partial charge in [-0.05, 0) is 50.8 Å². The molecular weight excluding hydrogens is 1310 g/mol. The fraction of sp³-hybridized carbons (Fsp3) is 0.794. The summed E-state index contributed by atoms with van der Waals surface area (Å²) < 4.78 is 78.4. The zero-order valence-electron chi connectivity index (χ0n) is 55.8. The summed E-state index contributed by atoms with van der Waals surface area (Å²) in [4.78, 5) is 65.1. The molecule has 19 unspecified atom stereocenters. The summed E-state index contributed by atoms with van der Waals surface area (Å²) in [5, 5.41) is 148. The number of carbonyl (C=O) groups excluding carboxylic acids is 5. The van der Waals surface area contributed by atoms with Crippen LogP contribution in [0.15, 0.2) is 36.4 Å². The molecule has 1 aromatic rings. The Balaban J connectivity index is 1.07. The Kier molecular flexibility index (Phi) is 31.6. The van der Waals surface area contributed by atoms with E-state index in [2.05, 4.69) is 45.7 Å². The number of aliphatic hydroxyl groups is 12. The molecule has 35 nitrogen and oxygen atoms in total. The molecule has 1 aromatic carbocycles. The average Bonchev–Trinajstić information content (AvgIpc) is 0.773. The van der Waals surface area contributed by atoms with Crippen LogP contribution in [-0.2, 0) is 76.0 Å². The fourth-order valence-corrected chi connectivity index (χ4v) is 12.6. The molecule has 29 atom stereocenters. The predicted octanol–water partition coefficient (Wildman–Crippen LogP) is -6.04. The molecule has 6 saturated heterocycles. The molecule has 7 rings (SSSR count). The molecule has 558 valence electrons. The third-order valence-corrected chi connectivity index (χ3v) is 17.8. The van der Waals surface area contributed by atoms with Crippen molar-refractivity contribution in [1.82, 2.24) is 26.6 Å². The molecule has 35 heteroatoms. The highest BCUT2D eigenvalue weighted by atomic mass is 16.8. The molecule has 6 fully saturated rings. The number of hydrogen-bond donors (Lipinski definition) is 17. The molecule has 0 saturated carbocycles.